The highest BCUT2D eigenvalue weighted by atomic mass is 127. The zero-order valence-corrected chi connectivity index (χ0v) is 12.6. The lowest BCUT2D eigenvalue weighted by Gasteiger charge is -2.08. The van der Waals surface area contributed by atoms with Gasteiger partial charge in [-0.2, -0.15) is 0 Å². The van der Waals surface area contributed by atoms with E-state index in [1.165, 1.54) is 0 Å². The summed E-state index contributed by atoms with van der Waals surface area (Å²) in [5, 5.41) is 5.62. The molecule has 0 saturated carbocycles. The van der Waals surface area contributed by atoms with Crippen molar-refractivity contribution in [1.29, 1.82) is 0 Å². The molecule has 0 amide bonds. The topological polar surface area (TPSA) is 24.4 Å². The van der Waals surface area contributed by atoms with Crippen LogP contribution >= 0.6 is 46.0 Å². The van der Waals surface area contributed by atoms with Crippen LogP contribution in [0.1, 0.15) is 13.3 Å². The summed E-state index contributed by atoms with van der Waals surface area (Å²) in [7, 11) is 0. The predicted molar refractivity (Wildman–Crippen MR) is 81.8 cm³/mol. The molecule has 0 aromatic heterocycles. The van der Waals surface area contributed by atoms with Crippen LogP contribution in [0.4, 0.5) is 5.69 Å². The zero-order chi connectivity index (χ0) is 11.5. The van der Waals surface area contributed by atoms with Gasteiger partial charge in [0.1, 0.15) is 0 Å². The maximum absolute atomic E-state index is 6.15. The number of rotatable bonds is 2. The number of benzene rings is 1. The van der Waals surface area contributed by atoms with Crippen LogP contribution < -0.4 is 5.32 Å². The van der Waals surface area contributed by atoms with Gasteiger partial charge in [0, 0.05) is 8.82 Å². The third kappa shape index (κ3) is 3.05. The Balaban J connectivity index is 2.05. The number of nitrogens with zero attached hydrogens (tertiary/aromatic N) is 1. The molecule has 2 nitrogen and oxygen atoms in total. The maximum Gasteiger partial charge on any atom is 0.161 e. The van der Waals surface area contributed by atoms with Crippen molar-refractivity contribution < 1.29 is 0 Å². The van der Waals surface area contributed by atoms with E-state index in [0.717, 1.165) is 32.4 Å². The zero-order valence-electron chi connectivity index (χ0n) is 8.84. The number of nitrogens with one attached hydrogen (secondary N) is 1. The summed E-state index contributed by atoms with van der Waals surface area (Å²) in [4.78, 5) is 4.45. The number of anilines is 1. The SMILES string of the molecule is CCC1CN=C(Nc2ccc(I)cc2Cl)S1. The average Bonchev–Trinajstić information content (AvgIpc) is 2.70. The van der Waals surface area contributed by atoms with E-state index in [1.54, 1.807) is 11.8 Å². The van der Waals surface area contributed by atoms with E-state index in [0.29, 0.717) is 5.25 Å². The summed E-state index contributed by atoms with van der Waals surface area (Å²) in [5.74, 6) is 0. The molecule has 1 unspecified atom stereocenters. The van der Waals surface area contributed by atoms with Crippen LogP contribution in [-0.4, -0.2) is 17.0 Å². The van der Waals surface area contributed by atoms with Crippen LogP contribution in [0.5, 0.6) is 0 Å². The number of hydrogen-bond donors (Lipinski definition) is 1. The molecule has 2 rings (SSSR count). The highest BCUT2D eigenvalue weighted by Gasteiger charge is 2.18. The molecule has 1 N–H and O–H groups in total. The standard InChI is InChI=1S/C11H12ClIN2S/c1-2-8-6-14-11(16-8)15-10-4-3-7(13)5-9(10)12/h3-5,8H,2,6H2,1H3,(H,14,15). The van der Waals surface area contributed by atoms with Gasteiger partial charge < -0.3 is 5.32 Å². The maximum atomic E-state index is 6.15. The number of thioether (sulfide) groups is 1. The lowest BCUT2D eigenvalue weighted by atomic mass is 10.3. The van der Waals surface area contributed by atoms with Crippen LogP contribution in [0, 0.1) is 3.57 Å². The molecule has 0 saturated heterocycles. The Kier molecular flexibility index (Phi) is 4.38. The van der Waals surface area contributed by atoms with Crippen molar-refractivity contribution >= 4 is 56.8 Å². The smallest absolute Gasteiger partial charge is 0.161 e. The van der Waals surface area contributed by atoms with Gasteiger partial charge in [0.2, 0.25) is 0 Å². The van der Waals surface area contributed by atoms with Gasteiger partial charge in [-0.25, -0.2) is 0 Å². The van der Waals surface area contributed by atoms with E-state index >= 15 is 0 Å². The van der Waals surface area contributed by atoms with Gasteiger partial charge in [0.15, 0.2) is 5.17 Å². The third-order valence-electron chi connectivity index (χ3n) is 2.34. The molecule has 0 aliphatic carbocycles. The molecule has 1 aromatic rings. The van der Waals surface area contributed by atoms with Gasteiger partial charge in [-0.3, -0.25) is 4.99 Å². The highest BCUT2D eigenvalue weighted by Crippen LogP contribution is 2.28. The minimum atomic E-state index is 0.616. The Bertz CT molecular complexity index is 422. The molecular formula is C11H12ClIN2S. The molecule has 1 atom stereocenters. The van der Waals surface area contributed by atoms with Gasteiger partial charge >= 0.3 is 0 Å². The molecule has 0 radical (unpaired) electrons. The van der Waals surface area contributed by atoms with Crippen LogP contribution in [0.2, 0.25) is 5.02 Å². The van der Waals surface area contributed by atoms with E-state index in [4.69, 9.17) is 11.6 Å². The Labute approximate surface area is 118 Å². The first-order valence-electron chi connectivity index (χ1n) is 5.12. The summed E-state index contributed by atoms with van der Waals surface area (Å²) in [6.45, 7) is 3.10. The minimum Gasteiger partial charge on any atom is -0.334 e. The van der Waals surface area contributed by atoms with E-state index < -0.39 is 0 Å². The quantitative estimate of drug-likeness (QED) is 0.792. The second kappa shape index (κ2) is 5.60. The first-order chi connectivity index (χ1) is 7.69. The average molecular weight is 367 g/mol. The molecule has 1 aliphatic heterocycles. The minimum absolute atomic E-state index is 0.616. The number of aliphatic imine (C=N–C) groups is 1. The van der Waals surface area contributed by atoms with Crippen LogP contribution in [0.3, 0.4) is 0 Å². The fourth-order valence-corrected chi connectivity index (χ4v) is 3.26. The molecule has 5 heteroatoms. The Morgan fingerprint density at radius 1 is 1.62 bits per heavy atom. The van der Waals surface area contributed by atoms with E-state index in [9.17, 15) is 0 Å². The summed E-state index contributed by atoms with van der Waals surface area (Å²) in [6, 6.07) is 5.97. The normalized spacial score (nSPS) is 19.7. The molecule has 16 heavy (non-hydrogen) atoms. The van der Waals surface area contributed by atoms with Crippen LogP contribution in [-0.2, 0) is 0 Å². The molecule has 0 bridgehead atoms. The summed E-state index contributed by atoms with van der Waals surface area (Å²) in [5.41, 5.74) is 0.935. The largest absolute Gasteiger partial charge is 0.334 e. The Morgan fingerprint density at radius 3 is 3.06 bits per heavy atom. The highest BCUT2D eigenvalue weighted by molar-refractivity contribution is 14.1. The molecule has 1 aromatic carbocycles. The first-order valence-corrected chi connectivity index (χ1v) is 7.46. The van der Waals surface area contributed by atoms with Gasteiger partial charge in [-0.1, -0.05) is 30.3 Å². The summed E-state index contributed by atoms with van der Waals surface area (Å²) >= 11 is 10.2. The molecule has 86 valence electrons. The van der Waals surface area contributed by atoms with E-state index in [1.807, 2.05) is 18.2 Å². The van der Waals surface area contributed by atoms with Crippen molar-refractivity contribution in [2.24, 2.45) is 4.99 Å². The molecule has 0 spiro atoms. The van der Waals surface area contributed by atoms with E-state index in [2.05, 4.69) is 39.8 Å². The third-order valence-corrected chi connectivity index (χ3v) is 4.60. The van der Waals surface area contributed by atoms with E-state index in [-0.39, 0.29) is 0 Å². The summed E-state index contributed by atoms with van der Waals surface area (Å²) < 4.78 is 1.14. The Morgan fingerprint density at radius 2 is 2.44 bits per heavy atom. The predicted octanol–water partition coefficient (Wildman–Crippen LogP) is 4.24. The van der Waals surface area contributed by atoms with Crippen molar-refractivity contribution in [2.45, 2.75) is 18.6 Å². The second-order valence-electron chi connectivity index (χ2n) is 3.54. The van der Waals surface area contributed by atoms with Crippen molar-refractivity contribution in [2.75, 3.05) is 11.9 Å². The Hall–Kier alpha value is 0.0600. The first kappa shape index (κ1) is 12.5. The van der Waals surface area contributed by atoms with Gasteiger partial charge in [0.05, 0.1) is 17.3 Å². The molecular weight excluding hydrogens is 355 g/mol. The lowest BCUT2D eigenvalue weighted by Crippen LogP contribution is -2.07. The molecule has 0 fully saturated rings. The molecule has 1 heterocycles. The monoisotopic (exact) mass is 366 g/mol. The van der Waals surface area contributed by atoms with Crippen LogP contribution in [0.25, 0.3) is 0 Å². The second-order valence-corrected chi connectivity index (χ2v) is 6.49. The number of amidine groups is 1. The van der Waals surface area contributed by atoms with Gasteiger partial charge in [-0.15, -0.1) is 0 Å². The van der Waals surface area contributed by atoms with Gasteiger partial charge in [-0.05, 0) is 47.2 Å². The van der Waals surface area contributed by atoms with Crippen LogP contribution in [0.15, 0.2) is 23.2 Å². The summed E-state index contributed by atoms with van der Waals surface area (Å²) in [6.07, 6.45) is 1.15. The van der Waals surface area contributed by atoms with Gasteiger partial charge in [0.25, 0.3) is 0 Å². The van der Waals surface area contributed by atoms with Crippen molar-refractivity contribution in [3.8, 4) is 0 Å². The lowest BCUT2D eigenvalue weighted by molar-refractivity contribution is 0.843. The number of hydrogen-bond acceptors (Lipinski definition) is 3. The van der Waals surface area contributed by atoms with Crippen molar-refractivity contribution in [3.63, 3.8) is 0 Å². The fraction of sp³-hybridized carbons (Fsp3) is 0.364. The fourth-order valence-electron chi connectivity index (χ4n) is 1.40. The van der Waals surface area contributed by atoms with Crippen molar-refractivity contribution in [1.82, 2.24) is 0 Å². The van der Waals surface area contributed by atoms with Crippen molar-refractivity contribution in [3.05, 3.63) is 26.8 Å². The number of halogens is 2. The molecule has 1 aliphatic rings.